The van der Waals surface area contributed by atoms with E-state index in [2.05, 4.69) is 0 Å². The lowest BCUT2D eigenvalue weighted by Crippen LogP contribution is -2.50. The normalized spacial score (nSPS) is 19.1. The summed E-state index contributed by atoms with van der Waals surface area (Å²) in [4.78, 5) is 12.1. The number of amides is 1. The Labute approximate surface area is 98.5 Å². The highest BCUT2D eigenvalue weighted by molar-refractivity contribution is 7.87. The Morgan fingerprint density at radius 2 is 1.76 bits per heavy atom. The lowest BCUT2D eigenvalue weighted by Gasteiger charge is -2.32. The molecule has 0 radical (unpaired) electrons. The molecule has 1 saturated carbocycles. The molecule has 1 amide bonds. The second kappa shape index (κ2) is 4.85. The zero-order valence-corrected chi connectivity index (χ0v) is 10.2. The summed E-state index contributed by atoms with van der Waals surface area (Å²) in [6.45, 7) is 0. The van der Waals surface area contributed by atoms with Crippen LogP contribution in [0.1, 0.15) is 32.1 Å². The zero-order chi connectivity index (χ0) is 13.3. The van der Waals surface area contributed by atoms with Crippen LogP contribution in [0.25, 0.3) is 0 Å². The zero-order valence-electron chi connectivity index (χ0n) is 9.40. The van der Waals surface area contributed by atoms with Gasteiger partial charge in [-0.15, -0.1) is 0 Å². The second-order valence-electron chi connectivity index (χ2n) is 4.20. The van der Waals surface area contributed by atoms with Crippen LogP contribution in [0.2, 0.25) is 0 Å². The van der Waals surface area contributed by atoms with Crippen LogP contribution in [0.5, 0.6) is 0 Å². The number of alkyl halides is 2. The van der Waals surface area contributed by atoms with Crippen molar-refractivity contribution in [3.8, 4) is 0 Å². The molecule has 17 heavy (non-hydrogen) atoms. The van der Waals surface area contributed by atoms with E-state index in [0.29, 0.717) is 12.8 Å². The lowest BCUT2D eigenvalue weighted by atomic mass is 9.94. The summed E-state index contributed by atoms with van der Waals surface area (Å²) in [6.07, 6.45) is 3.76. The standard InChI is InChI=1S/C9H15F2NO4S/c1-12(7-5-3-2-4-6-7)8(13)9(10,11)17(14,15)16/h7H,2-6H2,1H3,(H,14,15,16). The summed E-state index contributed by atoms with van der Waals surface area (Å²) in [7, 11) is -4.57. The summed E-state index contributed by atoms with van der Waals surface area (Å²) in [5.41, 5.74) is 0. The van der Waals surface area contributed by atoms with E-state index >= 15 is 0 Å². The maximum absolute atomic E-state index is 13.1. The van der Waals surface area contributed by atoms with Gasteiger partial charge in [0, 0.05) is 13.1 Å². The van der Waals surface area contributed by atoms with Gasteiger partial charge in [-0.2, -0.15) is 17.2 Å². The van der Waals surface area contributed by atoms with Gasteiger partial charge < -0.3 is 4.90 Å². The van der Waals surface area contributed by atoms with Gasteiger partial charge in [0.05, 0.1) is 0 Å². The third-order valence-electron chi connectivity index (χ3n) is 3.02. The number of carbonyl (C=O) groups is 1. The smallest absolute Gasteiger partial charge is 0.336 e. The highest BCUT2D eigenvalue weighted by atomic mass is 32.2. The number of nitrogens with zero attached hydrogens (tertiary/aromatic N) is 1. The fourth-order valence-electron chi connectivity index (χ4n) is 1.95. The van der Waals surface area contributed by atoms with Gasteiger partial charge in [-0.3, -0.25) is 9.35 Å². The van der Waals surface area contributed by atoms with E-state index in [1.165, 1.54) is 0 Å². The second-order valence-corrected chi connectivity index (χ2v) is 5.66. The van der Waals surface area contributed by atoms with Gasteiger partial charge in [0.2, 0.25) is 0 Å². The van der Waals surface area contributed by atoms with Crippen LogP contribution in [0.4, 0.5) is 8.78 Å². The Bertz CT molecular complexity index is 390. The number of rotatable bonds is 3. The van der Waals surface area contributed by atoms with Crippen molar-refractivity contribution in [2.24, 2.45) is 0 Å². The first-order chi connectivity index (χ1) is 7.68. The topological polar surface area (TPSA) is 74.7 Å². The molecule has 100 valence electrons. The van der Waals surface area contributed by atoms with Crippen LogP contribution in [-0.2, 0) is 14.9 Å². The van der Waals surface area contributed by atoms with Crippen molar-refractivity contribution in [2.75, 3.05) is 7.05 Å². The fraction of sp³-hybridized carbons (Fsp3) is 0.889. The molecule has 0 unspecified atom stereocenters. The summed E-state index contributed by atoms with van der Waals surface area (Å²) in [6, 6.07) is -0.385. The first-order valence-corrected chi connectivity index (χ1v) is 6.74. The monoisotopic (exact) mass is 271 g/mol. The number of hydrogen-bond donors (Lipinski definition) is 1. The molecule has 1 rings (SSSR count). The Morgan fingerprint density at radius 1 is 1.29 bits per heavy atom. The van der Waals surface area contributed by atoms with Gasteiger partial charge in [-0.05, 0) is 12.8 Å². The maximum atomic E-state index is 13.1. The summed E-state index contributed by atoms with van der Waals surface area (Å²) < 4.78 is 55.4. The van der Waals surface area contributed by atoms with Gasteiger partial charge in [-0.25, -0.2) is 0 Å². The Hall–Kier alpha value is -0.760. The van der Waals surface area contributed by atoms with Crippen LogP contribution in [-0.4, -0.2) is 42.1 Å². The van der Waals surface area contributed by atoms with Crippen LogP contribution in [0.3, 0.4) is 0 Å². The molecule has 1 fully saturated rings. The van der Waals surface area contributed by atoms with Crippen molar-refractivity contribution in [3.63, 3.8) is 0 Å². The van der Waals surface area contributed by atoms with Gasteiger partial charge in [0.1, 0.15) is 0 Å². The molecule has 0 aromatic carbocycles. The van der Waals surface area contributed by atoms with Crippen molar-refractivity contribution < 1.29 is 26.5 Å². The van der Waals surface area contributed by atoms with Crippen molar-refractivity contribution in [2.45, 2.75) is 43.4 Å². The number of hydrogen-bond acceptors (Lipinski definition) is 3. The molecule has 0 bridgehead atoms. The van der Waals surface area contributed by atoms with Crippen molar-refractivity contribution in [1.29, 1.82) is 0 Å². The molecule has 0 aromatic heterocycles. The average Bonchev–Trinajstić information content (AvgIpc) is 2.26. The summed E-state index contributed by atoms with van der Waals surface area (Å²) in [5.74, 6) is -1.87. The third kappa shape index (κ3) is 2.92. The van der Waals surface area contributed by atoms with Gasteiger partial charge >= 0.3 is 21.3 Å². The van der Waals surface area contributed by atoms with Crippen molar-refractivity contribution >= 4 is 16.0 Å². The van der Waals surface area contributed by atoms with E-state index in [-0.39, 0.29) is 6.04 Å². The van der Waals surface area contributed by atoms with Gasteiger partial charge in [0.25, 0.3) is 0 Å². The van der Waals surface area contributed by atoms with Crippen molar-refractivity contribution in [1.82, 2.24) is 4.90 Å². The molecule has 0 spiro atoms. The molecular weight excluding hydrogens is 256 g/mol. The summed E-state index contributed by atoms with van der Waals surface area (Å²) in [5, 5.41) is -4.76. The minimum atomic E-state index is -5.71. The predicted molar refractivity (Wildman–Crippen MR) is 56.1 cm³/mol. The van der Waals surface area contributed by atoms with E-state index < -0.39 is 21.3 Å². The first kappa shape index (κ1) is 14.3. The SMILES string of the molecule is CN(C(=O)C(F)(F)S(=O)(=O)O)C1CCCCC1. The molecule has 1 aliphatic rings. The van der Waals surface area contributed by atoms with Crippen LogP contribution >= 0.6 is 0 Å². The van der Waals surface area contributed by atoms with Crippen LogP contribution in [0.15, 0.2) is 0 Å². The highest BCUT2D eigenvalue weighted by Crippen LogP contribution is 2.28. The van der Waals surface area contributed by atoms with Crippen molar-refractivity contribution in [3.05, 3.63) is 0 Å². The fourth-order valence-corrected chi connectivity index (χ4v) is 2.31. The van der Waals surface area contributed by atoms with E-state index in [0.717, 1.165) is 31.2 Å². The highest BCUT2D eigenvalue weighted by Gasteiger charge is 2.54. The molecule has 0 aromatic rings. The Morgan fingerprint density at radius 3 is 2.18 bits per heavy atom. The van der Waals surface area contributed by atoms with Crippen LogP contribution < -0.4 is 0 Å². The lowest BCUT2D eigenvalue weighted by molar-refractivity contribution is -0.148. The van der Waals surface area contributed by atoms with Gasteiger partial charge in [0.15, 0.2) is 0 Å². The molecule has 0 atom stereocenters. The van der Waals surface area contributed by atoms with E-state index in [1.807, 2.05) is 0 Å². The minimum absolute atomic E-state index is 0.385. The number of halogens is 2. The van der Waals surface area contributed by atoms with E-state index in [1.54, 1.807) is 0 Å². The molecule has 1 aliphatic carbocycles. The van der Waals surface area contributed by atoms with E-state index in [9.17, 15) is 22.0 Å². The maximum Gasteiger partial charge on any atom is 0.446 e. The quantitative estimate of drug-likeness (QED) is 0.784. The van der Waals surface area contributed by atoms with Gasteiger partial charge in [-0.1, -0.05) is 19.3 Å². The molecular formula is C9H15F2NO4S. The molecule has 8 heteroatoms. The van der Waals surface area contributed by atoms with E-state index in [4.69, 9.17) is 4.55 Å². The Kier molecular flexibility index (Phi) is 4.08. The largest absolute Gasteiger partial charge is 0.446 e. The molecule has 0 aliphatic heterocycles. The molecule has 1 N–H and O–H groups in total. The predicted octanol–water partition coefficient (Wildman–Crippen LogP) is 1.26. The molecule has 0 saturated heterocycles. The molecule has 5 nitrogen and oxygen atoms in total. The Balaban J connectivity index is 2.82. The molecule has 0 heterocycles. The summed E-state index contributed by atoms with van der Waals surface area (Å²) >= 11 is 0. The minimum Gasteiger partial charge on any atom is -0.336 e. The first-order valence-electron chi connectivity index (χ1n) is 5.30. The number of carbonyl (C=O) groups excluding carboxylic acids is 1. The average molecular weight is 271 g/mol. The third-order valence-corrected chi connectivity index (χ3v) is 3.84. The van der Waals surface area contributed by atoms with Crippen LogP contribution in [0, 0.1) is 0 Å².